The number of phosphoric acid groups is 1. The lowest BCUT2D eigenvalue weighted by Gasteiger charge is -2.31. The molecule has 0 bridgehead atoms. The smallest absolute Gasteiger partial charge is 0.459 e. The van der Waals surface area contributed by atoms with Crippen LogP contribution < -0.4 is 0 Å². The van der Waals surface area contributed by atoms with Crippen LogP contribution in [-0.2, 0) is 23.1 Å². The fourth-order valence-corrected chi connectivity index (χ4v) is 2.76. The average molecular weight is 338 g/mol. The van der Waals surface area contributed by atoms with E-state index in [1.54, 1.807) is 20.8 Å². The first-order valence-electron chi connectivity index (χ1n) is 7.19. The maximum atomic E-state index is 11.8. The first kappa shape index (κ1) is 21.3. The first-order valence-corrected chi connectivity index (χ1v) is 8.68. The van der Waals surface area contributed by atoms with Gasteiger partial charge in [0, 0.05) is 12.0 Å². The summed E-state index contributed by atoms with van der Waals surface area (Å²) < 4.78 is 27.5. The number of nitrogens with zero attached hydrogens (tertiary/aromatic N) is 1. The van der Waals surface area contributed by atoms with Crippen molar-refractivity contribution in [1.82, 2.24) is 0 Å². The van der Waals surface area contributed by atoms with Crippen LogP contribution in [0.4, 0.5) is 0 Å². The Labute approximate surface area is 133 Å². The summed E-state index contributed by atoms with van der Waals surface area (Å²) in [6.07, 6.45) is -0.774. The predicted molar refractivity (Wildman–Crippen MR) is 84.2 cm³/mol. The van der Waals surface area contributed by atoms with Crippen LogP contribution in [0.1, 0.15) is 27.2 Å². The highest BCUT2D eigenvalue weighted by Crippen LogP contribution is 2.45. The summed E-state index contributed by atoms with van der Waals surface area (Å²) in [5.41, 5.74) is 0.304. The van der Waals surface area contributed by atoms with E-state index in [0.717, 1.165) is 0 Å². The molecule has 0 aromatic rings. The molecule has 0 aromatic carbocycles. The Morgan fingerprint density at radius 3 is 2.32 bits per heavy atom. The predicted octanol–water partition coefficient (Wildman–Crippen LogP) is 2.11. The van der Waals surface area contributed by atoms with Crippen molar-refractivity contribution in [2.24, 2.45) is 0 Å². The van der Waals surface area contributed by atoms with E-state index in [4.69, 9.17) is 13.8 Å². The van der Waals surface area contributed by atoms with Crippen molar-refractivity contribution in [3.63, 3.8) is 0 Å². The zero-order valence-corrected chi connectivity index (χ0v) is 15.3. The van der Waals surface area contributed by atoms with Gasteiger partial charge < -0.3 is 14.1 Å². The molecule has 0 aliphatic carbocycles. The summed E-state index contributed by atoms with van der Waals surface area (Å²) >= 11 is 0. The lowest BCUT2D eigenvalue weighted by molar-refractivity contribution is -0.873. The second-order valence-corrected chi connectivity index (χ2v) is 7.72. The third-order valence-electron chi connectivity index (χ3n) is 2.58. The third kappa shape index (κ3) is 10.1. The van der Waals surface area contributed by atoms with Crippen LogP contribution in [0, 0.1) is 0 Å². The van der Waals surface area contributed by atoms with Gasteiger partial charge in [0.1, 0.15) is 18.8 Å². The lowest BCUT2D eigenvalue weighted by Crippen LogP contribution is -2.43. The zero-order chi connectivity index (χ0) is 17.6. The maximum Gasteiger partial charge on any atom is 0.472 e. The van der Waals surface area contributed by atoms with Crippen LogP contribution >= 0.6 is 7.82 Å². The number of rotatable bonds is 10. The molecule has 7 nitrogen and oxygen atoms in total. The molecule has 0 radical (unpaired) electrons. The summed E-state index contributed by atoms with van der Waals surface area (Å²) in [6, 6.07) is 0. The van der Waals surface area contributed by atoms with Crippen LogP contribution in [0.25, 0.3) is 0 Å². The standard InChI is InChI=1S/C14H28NO6P/c1-8-19-22(17,18)21-13(10-15(5,6)7)9-12(4)20-14(16)11(2)3/h12-13H,2,8-10H2,1,3-7H3/p+1. The quantitative estimate of drug-likeness (QED) is 0.284. The Bertz CT molecular complexity index is 432. The molecule has 130 valence electrons. The number of hydrogen-bond acceptors (Lipinski definition) is 5. The molecular weight excluding hydrogens is 309 g/mol. The number of ether oxygens (including phenoxy) is 1. The van der Waals surface area contributed by atoms with Crippen molar-refractivity contribution >= 4 is 13.8 Å². The van der Waals surface area contributed by atoms with Gasteiger partial charge in [-0.1, -0.05) is 6.58 Å². The molecule has 22 heavy (non-hydrogen) atoms. The highest BCUT2D eigenvalue weighted by atomic mass is 31.2. The fourth-order valence-electron chi connectivity index (χ4n) is 1.85. The van der Waals surface area contributed by atoms with E-state index < -0.39 is 26.0 Å². The number of phosphoric ester groups is 1. The second-order valence-electron chi connectivity index (χ2n) is 6.32. The molecule has 0 saturated carbocycles. The van der Waals surface area contributed by atoms with Crippen molar-refractivity contribution in [2.75, 3.05) is 34.3 Å². The highest BCUT2D eigenvalue weighted by molar-refractivity contribution is 7.47. The number of carbonyl (C=O) groups excluding carboxylic acids is 1. The van der Waals surface area contributed by atoms with Gasteiger partial charge in [0.15, 0.2) is 0 Å². The van der Waals surface area contributed by atoms with Gasteiger partial charge in [-0.05, 0) is 20.8 Å². The van der Waals surface area contributed by atoms with E-state index in [2.05, 4.69) is 6.58 Å². The Balaban J connectivity index is 4.83. The van der Waals surface area contributed by atoms with Crippen molar-refractivity contribution < 1.29 is 32.5 Å². The molecule has 3 unspecified atom stereocenters. The van der Waals surface area contributed by atoms with Gasteiger partial charge >= 0.3 is 13.8 Å². The molecule has 1 N–H and O–H groups in total. The van der Waals surface area contributed by atoms with Gasteiger partial charge in [-0.3, -0.25) is 9.05 Å². The van der Waals surface area contributed by atoms with E-state index in [1.165, 1.54) is 0 Å². The first-order chi connectivity index (χ1) is 9.86. The summed E-state index contributed by atoms with van der Waals surface area (Å²) in [7, 11) is 1.69. The molecule has 0 heterocycles. The normalized spacial score (nSPS) is 17.4. The molecule has 0 aromatic heterocycles. The zero-order valence-electron chi connectivity index (χ0n) is 14.4. The summed E-state index contributed by atoms with van der Waals surface area (Å²) in [6.45, 7) is 8.93. The number of likely N-dealkylation sites (N-methyl/N-ethyl adjacent to an activating group) is 1. The Morgan fingerprint density at radius 2 is 1.91 bits per heavy atom. The molecule has 0 amide bonds. The second kappa shape index (κ2) is 8.79. The minimum Gasteiger partial charge on any atom is -0.459 e. The third-order valence-corrected chi connectivity index (χ3v) is 3.73. The Morgan fingerprint density at radius 1 is 1.36 bits per heavy atom. The van der Waals surface area contributed by atoms with Crippen molar-refractivity contribution in [3.05, 3.63) is 12.2 Å². The molecule has 0 fully saturated rings. The van der Waals surface area contributed by atoms with E-state index in [1.807, 2.05) is 21.1 Å². The van der Waals surface area contributed by atoms with Crippen molar-refractivity contribution in [1.29, 1.82) is 0 Å². The average Bonchev–Trinajstić information content (AvgIpc) is 2.24. The van der Waals surface area contributed by atoms with E-state index in [-0.39, 0.29) is 13.0 Å². The number of esters is 1. The monoisotopic (exact) mass is 338 g/mol. The minimum absolute atomic E-state index is 0.0745. The molecular formula is C14H29NO6P+. The van der Waals surface area contributed by atoms with Gasteiger partial charge in [-0.15, -0.1) is 0 Å². The van der Waals surface area contributed by atoms with Crippen LogP contribution in [-0.4, -0.2) is 61.8 Å². The molecule has 0 spiro atoms. The maximum absolute atomic E-state index is 11.8. The van der Waals surface area contributed by atoms with Gasteiger partial charge in [-0.25, -0.2) is 9.36 Å². The molecule has 0 rings (SSSR count). The summed E-state index contributed by atoms with van der Waals surface area (Å²) in [5, 5.41) is 0. The van der Waals surface area contributed by atoms with Gasteiger partial charge in [0.2, 0.25) is 0 Å². The van der Waals surface area contributed by atoms with Crippen molar-refractivity contribution in [3.8, 4) is 0 Å². The molecule has 0 saturated heterocycles. The van der Waals surface area contributed by atoms with E-state index in [0.29, 0.717) is 16.6 Å². The Kier molecular flexibility index (Phi) is 8.51. The summed E-state index contributed by atoms with van der Waals surface area (Å²) in [5.74, 6) is -0.492. The number of carbonyl (C=O) groups is 1. The van der Waals surface area contributed by atoms with Crippen LogP contribution in [0.5, 0.6) is 0 Å². The summed E-state index contributed by atoms with van der Waals surface area (Å²) in [4.78, 5) is 21.2. The SMILES string of the molecule is C=C(C)C(=O)OC(C)CC(C[N+](C)(C)C)OP(=O)(O)OCC. The van der Waals surface area contributed by atoms with Crippen LogP contribution in [0.2, 0.25) is 0 Å². The van der Waals surface area contributed by atoms with E-state index in [9.17, 15) is 14.3 Å². The lowest BCUT2D eigenvalue weighted by atomic mass is 10.1. The fraction of sp³-hybridized carbons (Fsp3) is 0.786. The largest absolute Gasteiger partial charge is 0.472 e. The molecule has 3 atom stereocenters. The van der Waals surface area contributed by atoms with E-state index >= 15 is 0 Å². The Hall–Kier alpha value is -0.720. The number of hydrogen-bond donors (Lipinski definition) is 1. The molecule has 8 heteroatoms. The van der Waals surface area contributed by atoms with Gasteiger partial charge in [-0.2, -0.15) is 0 Å². The van der Waals surface area contributed by atoms with Gasteiger partial charge in [0.05, 0.1) is 27.7 Å². The van der Waals surface area contributed by atoms with Crippen molar-refractivity contribution in [2.45, 2.75) is 39.4 Å². The topological polar surface area (TPSA) is 82.1 Å². The molecule has 0 aliphatic rings. The molecule has 0 aliphatic heterocycles. The van der Waals surface area contributed by atoms with Crippen LogP contribution in [0.3, 0.4) is 0 Å². The van der Waals surface area contributed by atoms with Gasteiger partial charge in [0.25, 0.3) is 0 Å². The van der Waals surface area contributed by atoms with Crippen LogP contribution in [0.15, 0.2) is 12.2 Å². The number of quaternary nitrogens is 1. The minimum atomic E-state index is -4.11. The highest BCUT2D eigenvalue weighted by Gasteiger charge is 2.31.